The van der Waals surface area contributed by atoms with E-state index in [1.165, 1.54) is 12.8 Å². The fraction of sp³-hybridized carbons (Fsp3) is 0.462. The van der Waals surface area contributed by atoms with E-state index >= 15 is 0 Å². The van der Waals surface area contributed by atoms with Gasteiger partial charge in [0.15, 0.2) is 0 Å². The Kier molecular flexibility index (Phi) is 3.95. The summed E-state index contributed by atoms with van der Waals surface area (Å²) >= 11 is 12.0. The highest BCUT2D eigenvalue weighted by molar-refractivity contribution is 6.36. The monoisotopic (exact) mass is 271 g/mol. The Morgan fingerprint density at radius 3 is 2.53 bits per heavy atom. The third-order valence-electron chi connectivity index (χ3n) is 3.12. The lowest BCUT2D eigenvalue weighted by Crippen LogP contribution is -2.35. The zero-order chi connectivity index (χ0) is 12.4. The van der Waals surface area contributed by atoms with Crippen molar-refractivity contribution in [1.82, 2.24) is 5.32 Å². The summed E-state index contributed by atoms with van der Waals surface area (Å²) < 4.78 is 0. The van der Waals surface area contributed by atoms with Gasteiger partial charge in [-0.3, -0.25) is 4.79 Å². The molecule has 0 spiro atoms. The number of amides is 1. The molecule has 0 radical (unpaired) electrons. The molecule has 2 nitrogen and oxygen atoms in total. The molecule has 1 aromatic carbocycles. The number of nitrogens with one attached hydrogen (secondary N) is 1. The van der Waals surface area contributed by atoms with Gasteiger partial charge in [0.1, 0.15) is 0 Å². The summed E-state index contributed by atoms with van der Waals surface area (Å²) in [5.41, 5.74) is 0.705. The van der Waals surface area contributed by atoms with Crippen LogP contribution in [0, 0.1) is 5.92 Å². The summed E-state index contributed by atoms with van der Waals surface area (Å²) in [7, 11) is 0. The fourth-order valence-electron chi connectivity index (χ4n) is 1.88. The lowest BCUT2D eigenvalue weighted by atomic mass is 10.1. The van der Waals surface area contributed by atoms with Crippen LogP contribution in [-0.4, -0.2) is 11.9 Å². The molecule has 0 bridgehead atoms. The first-order valence-corrected chi connectivity index (χ1v) is 6.55. The molecule has 0 saturated heterocycles. The molecule has 1 atom stereocenters. The molecule has 1 saturated carbocycles. The standard InChI is InChI=1S/C13H15Cl2NO/c1-8(9-5-6-9)16-13(17)7-10-11(14)3-2-4-12(10)15/h2-4,8-9H,5-7H2,1H3,(H,16,17). The molecular weight excluding hydrogens is 257 g/mol. The van der Waals surface area contributed by atoms with Gasteiger partial charge in [-0.05, 0) is 43.4 Å². The SMILES string of the molecule is CC(NC(=O)Cc1c(Cl)cccc1Cl)C1CC1. The first kappa shape index (κ1) is 12.7. The minimum atomic E-state index is -0.0144. The summed E-state index contributed by atoms with van der Waals surface area (Å²) in [5.74, 6) is 0.639. The molecule has 4 heteroatoms. The largest absolute Gasteiger partial charge is 0.353 e. The zero-order valence-corrected chi connectivity index (χ0v) is 11.2. The van der Waals surface area contributed by atoms with Crippen LogP contribution in [0.25, 0.3) is 0 Å². The van der Waals surface area contributed by atoms with Crippen molar-refractivity contribution in [2.45, 2.75) is 32.2 Å². The van der Waals surface area contributed by atoms with E-state index in [0.717, 1.165) is 0 Å². The van der Waals surface area contributed by atoms with E-state index in [4.69, 9.17) is 23.2 Å². The van der Waals surface area contributed by atoms with E-state index < -0.39 is 0 Å². The molecule has 1 N–H and O–H groups in total. The smallest absolute Gasteiger partial charge is 0.224 e. The molecule has 0 heterocycles. The van der Waals surface area contributed by atoms with Crippen molar-refractivity contribution < 1.29 is 4.79 Å². The van der Waals surface area contributed by atoms with Crippen molar-refractivity contribution in [2.24, 2.45) is 5.92 Å². The van der Waals surface area contributed by atoms with E-state index in [1.807, 2.05) is 6.92 Å². The maximum Gasteiger partial charge on any atom is 0.224 e. The van der Waals surface area contributed by atoms with Gasteiger partial charge in [-0.1, -0.05) is 29.3 Å². The van der Waals surface area contributed by atoms with Crippen LogP contribution in [0.5, 0.6) is 0 Å². The predicted molar refractivity (Wildman–Crippen MR) is 70.5 cm³/mol. The molecule has 92 valence electrons. The summed E-state index contributed by atoms with van der Waals surface area (Å²) in [4.78, 5) is 11.8. The Morgan fingerprint density at radius 2 is 2.00 bits per heavy atom. The Bertz CT molecular complexity index is 409. The van der Waals surface area contributed by atoms with Crippen LogP contribution in [0.15, 0.2) is 18.2 Å². The fourth-order valence-corrected chi connectivity index (χ4v) is 2.41. The van der Waals surface area contributed by atoms with Crippen LogP contribution in [0.1, 0.15) is 25.3 Å². The van der Waals surface area contributed by atoms with Gasteiger partial charge in [-0.15, -0.1) is 0 Å². The van der Waals surface area contributed by atoms with E-state index in [0.29, 0.717) is 21.5 Å². The molecule has 1 aliphatic carbocycles. The molecular formula is C13H15Cl2NO. The maximum absolute atomic E-state index is 11.8. The Balaban J connectivity index is 1.97. The summed E-state index contributed by atoms with van der Waals surface area (Å²) in [6.07, 6.45) is 2.68. The predicted octanol–water partition coefficient (Wildman–Crippen LogP) is 3.45. The number of carbonyl (C=O) groups is 1. The first-order chi connectivity index (χ1) is 8.08. The summed E-state index contributed by atoms with van der Waals surface area (Å²) in [6, 6.07) is 5.53. The van der Waals surface area contributed by atoms with Gasteiger partial charge in [0.05, 0.1) is 6.42 Å². The van der Waals surface area contributed by atoms with E-state index in [9.17, 15) is 4.79 Å². The van der Waals surface area contributed by atoms with Crippen molar-refractivity contribution in [1.29, 1.82) is 0 Å². The lowest BCUT2D eigenvalue weighted by Gasteiger charge is -2.13. The topological polar surface area (TPSA) is 29.1 Å². The van der Waals surface area contributed by atoms with Gasteiger partial charge in [-0.25, -0.2) is 0 Å². The van der Waals surface area contributed by atoms with Gasteiger partial charge in [0.25, 0.3) is 0 Å². The molecule has 1 unspecified atom stereocenters. The molecule has 2 rings (SSSR count). The van der Waals surface area contributed by atoms with Gasteiger partial charge >= 0.3 is 0 Å². The summed E-state index contributed by atoms with van der Waals surface area (Å²) in [6.45, 7) is 2.05. The van der Waals surface area contributed by atoms with Gasteiger partial charge < -0.3 is 5.32 Å². The van der Waals surface area contributed by atoms with E-state index in [2.05, 4.69) is 5.32 Å². The normalized spacial score (nSPS) is 16.6. The Morgan fingerprint density at radius 1 is 1.41 bits per heavy atom. The van der Waals surface area contributed by atoms with E-state index in [-0.39, 0.29) is 18.4 Å². The number of halogens is 2. The van der Waals surface area contributed by atoms with Crippen molar-refractivity contribution in [3.05, 3.63) is 33.8 Å². The van der Waals surface area contributed by atoms with Crippen LogP contribution in [0.2, 0.25) is 10.0 Å². The van der Waals surface area contributed by atoms with Gasteiger partial charge in [0.2, 0.25) is 5.91 Å². The van der Waals surface area contributed by atoms with Crippen molar-refractivity contribution in [2.75, 3.05) is 0 Å². The third kappa shape index (κ3) is 3.36. The highest BCUT2D eigenvalue weighted by Gasteiger charge is 2.28. The number of hydrogen-bond donors (Lipinski definition) is 1. The van der Waals surface area contributed by atoms with Gasteiger partial charge in [-0.2, -0.15) is 0 Å². The number of carbonyl (C=O) groups excluding carboxylic acids is 1. The quantitative estimate of drug-likeness (QED) is 0.893. The van der Waals surface area contributed by atoms with Crippen LogP contribution in [-0.2, 0) is 11.2 Å². The van der Waals surface area contributed by atoms with Crippen LogP contribution in [0.3, 0.4) is 0 Å². The maximum atomic E-state index is 11.8. The molecule has 0 aromatic heterocycles. The van der Waals surface area contributed by atoms with Crippen LogP contribution < -0.4 is 5.32 Å². The molecule has 1 aliphatic rings. The second-order valence-corrected chi connectivity index (χ2v) is 5.39. The first-order valence-electron chi connectivity index (χ1n) is 5.80. The van der Waals surface area contributed by atoms with E-state index in [1.54, 1.807) is 18.2 Å². The molecule has 1 amide bonds. The average Bonchev–Trinajstić information content (AvgIpc) is 3.07. The second kappa shape index (κ2) is 5.28. The number of benzene rings is 1. The number of rotatable bonds is 4. The molecule has 1 aromatic rings. The summed E-state index contributed by atoms with van der Waals surface area (Å²) in [5, 5.41) is 4.08. The van der Waals surface area contributed by atoms with Crippen molar-refractivity contribution in [3.63, 3.8) is 0 Å². The van der Waals surface area contributed by atoms with Crippen molar-refractivity contribution in [3.8, 4) is 0 Å². The average molecular weight is 272 g/mol. The van der Waals surface area contributed by atoms with Crippen LogP contribution in [0.4, 0.5) is 0 Å². The minimum absolute atomic E-state index is 0.0144. The minimum Gasteiger partial charge on any atom is -0.353 e. The van der Waals surface area contributed by atoms with Crippen LogP contribution >= 0.6 is 23.2 Å². The van der Waals surface area contributed by atoms with Gasteiger partial charge in [0, 0.05) is 16.1 Å². The zero-order valence-electron chi connectivity index (χ0n) is 9.67. The third-order valence-corrected chi connectivity index (χ3v) is 3.83. The lowest BCUT2D eigenvalue weighted by molar-refractivity contribution is -0.121. The Hall–Kier alpha value is -0.730. The second-order valence-electron chi connectivity index (χ2n) is 4.57. The van der Waals surface area contributed by atoms with Crippen molar-refractivity contribution >= 4 is 29.1 Å². The number of hydrogen-bond acceptors (Lipinski definition) is 1. The molecule has 17 heavy (non-hydrogen) atoms. The molecule has 1 fully saturated rings. The highest BCUT2D eigenvalue weighted by Crippen LogP contribution is 2.32. The highest BCUT2D eigenvalue weighted by atomic mass is 35.5. The Labute approximate surface area is 111 Å². The molecule has 0 aliphatic heterocycles.